The van der Waals surface area contributed by atoms with Crippen molar-refractivity contribution in [1.29, 1.82) is 0 Å². The van der Waals surface area contributed by atoms with E-state index < -0.39 is 17.0 Å². The van der Waals surface area contributed by atoms with Gasteiger partial charge < -0.3 is 19.4 Å². The van der Waals surface area contributed by atoms with Crippen molar-refractivity contribution in [3.63, 3.8) is 0 Å². The van der Waals surface area contributed by atoms with Gasteiger partial charge in [-0.3, -0.25) is 4.79 Å². The lowest BCUT2D eigenvalue weighted by molar-refractivity contribution is -0.757. The fourth-order valence-electron chi connectivity index (χ4n) is 1.57. The number of aliphatic carboxylic acids is 1. The Hall–Kier alpha value is -3.10. The molecule has 9 nitrogen and oxygen atoms in total. The fraction of sp³-hybridized carbons (Fsp3) is 0.286. The summed E-state index contributed by atoms with van der Waals surface area (Å²) in [5.41, 5.74) is 0.559. The Labute approximate surface area is 131 Å². The second kappa shape index (κ2) is 9.03. The SMILES string of the molecule is COc1cc(C=CC(=O)O)ccc1OC(=O)CCCO[N+](=O)[O-]. The van der Waals surface area contributed by atoms with Crippen LogP contribution in [0.1, 0.15) is 18.4 Å². The summed E-state index contributed by atoms with van der Waals surface area (Å²) in [4.78, 5) is 36.1. The van der Waals surface area contributed by atoms with Gasteiger partial charge >= 0.3 is 11.9 Å². The zero-order valence-corrected chi connectivity index (χ0v) is 12.3. The number of hydrogen-bond acceptors (Lipinski definition) is 7. The third kappa shape index (κ3) is 6.93. The molecular weight excluding hydrogens is 310 g/mol. The number of ether oxygens (including phenoxy) is 2. The predicted octanol–water partition coefficient (Wildman–Crippen LogP) is 1.69. The van der Waals surface area contributed by atoms with Crippen LogP contribution >= 0.6 is 0 Å². The van der Waals surface area contributed by atoms with Crippen molar-refractivity contribution in [2.75, 3.05) is 13.7 Å². The molecule has 0 aliphatic heterocycles. The van der Waals surface area contributed by atoms with Crippen LogP contribution in [0.15, 0.2) is 24.3 Å². The highest BCUT2D eigenvalue weighted by atomic mass is 16.9. The molecule has 0 aliphatic rings. The van der Waals surface area contributed by atoms with E-state index in [0.717, 1.165) is 6.08 Å². The van der Waals surface area contributed by atoms with E-state index in [1.165, 1.54) is 25.3 Å². The van der Waals surface area contributed by atoms with Crippen LogP contribution in [0.2, 0.25) is 0 Å². The Morgan fingerprint density at radius 1 is 1.35 bits per heavy atom. The molecule has 1 aromatic rings. The highest BCUT2D eigenvalue weighted by Crippen LogP contribution is 2.29. The van der Waals surface area contributed by atoms with Crippen molar-refractivity contribution < 1.29 is 34.1 Å². The minimum absolute atomic E-state index is 0.0579. The number of methoxy groups -OCH3 is 1. The van der Waals surface area contributed by atoms with E-state index in [2.05, 4.69) is 4.84 Å². The van der Waals surface area contributed by atoms with Gasteiger partial charge in [-0.05, 0) is 30.2 Å². The summed E-state index contributed by atoms with van der Waals surface area (Å²) in [6, 6.07) is 4.53. The molecule has 0 saturated carbocycles. The van der Waals surface area contributed by atoms with Gasteiger partial charge in [-0.2, -0.15) is 0 Å². The average molecular weight is 325 g/mol. The molecule has 1 aromatic carbocycles. The maximum Gasteiger partial charge on any atom is 0.328 e. The average Bonchev–Trinajstić information content (AvgIpc) is 2.50. The highest BCUT2D eigenvalue weighted by molar-refractivity contribution is 5.85. The second-order valence-corrected chi connectivity index (χ2v) is 4.22. The first-order chi connectivity index (χ1) is 10.9. The summed E-state index contributed by atoms with van der Waals surface area (Å²) in [6.07, 6.45) is 2.42. The molecule has 0 amide bonds. The van der Waals surface area contributed by atoms with Crippen LogP contribution in [0, 0.1) is 10.1 Å². The molecule has 9 heteroatoms. The summed E-state index contributed by atoms with van der Waals surface area (Å²) < 4.78 is 10.2. The quantitative estimate of drug-likeness (QED) is 0.181. The summed E-state index contributed by atoms with van der Waals surface area (Å²) >= 11 is 0. The molecule has 0 aliphatic carbocycles. The van der Waals surface area contributed by atoms with Gasteiger partial charge in [0.15, 0.2) is 11.5 Å². The summed E-state index contributed by atoms with van der Waals surface area (Å²) in [5, 5.41) is 17.6. The number of carbonyl (C=O) groups excluding carboxylic acids is 1. The van der Waals surface area contributed by atoms with Crippen molar-refractivity contribution in [2.24, 2.45) is 0 Å². The first-order valence-corrected chi connectivity index (χ1v) is 6.49. The van der Waals surface area contributed by atoms with Crippen LogP contribution in [0.4, 0.5) is 0 Å². The van der Waals surface area contributed by atoms with Gasteiger partial charge in [0, 0.05) is 12.5 Å². The summed E-state index contributed by atoms with van der Waals surface area (Å²) in [7, 11) is 1.38. The maximum absolute atomic E-state index is 11.6. The molecule has 1 rings (SSSR count). The van der Waals surface area contributed by atoms with Crippen LogP contribution in [-0.2, 0) is 14.4 Å². The number of carbonyl (C=O) groups is 2. The molecular formula is C14H15NO8. The highest BCUT2D eigenvalue weighted by Gasteiger charge is 2.11. The van der Waals surface area contributed by atoms with Gasteiger partial charge in [0.05, 0.1) is 13.7 Å². The van der Waals surface area contributed by atoms with Gasteiger partial charge in [0.25, 0.3) is 5.09 Å². The van der Waals surface area contributed by atoms with Crippen molar-refractivity contribution in [3.8, 4) is 11.5 Å². The maximum atomic E-state index is 11.6. The van der Waals surface area contributed by atoms with E-state index in [0.29, 0.717) is 5.56 Å². The zero-order valence-electron chi connectivity index (χ0n) is 12.3. The number of hydrogen-bond donors (Lipinski definition) is 1. The van der Waals surface area contributed by atoms with E-state index in [4.69, 9.17) is 14.6 Å². The second-order valence-electron chi connectivity index (χ2n) is 4.22. The van der Waals surface area contributed by atoms with Crippen LogP contribution in [0.5, 0.6) is 11.5 Å². The van der Waals surface area contributed by atoms with Crippen molar-refractivity contribution >= 4 is 18.0 Å². The number of rotatable bonds is 9. The van der Waals surface area contributed by atoms with Crippen molar-refractivity contribution in [1.82, 2.24) is 0 Å². The van der Waals surface area contributed by atoms with E-state index in [1.807, 2.05) is 0 Å². The summed E-state index contributed by atoms with van der Waals surface area (Å²) in [6.45, 7) is -0.196. The van der Waals surface area contributed by atoms with E-state index >= 15 is 0 Å². The Morgan fingerprint density at radius 2 is 2.09 bits per heavy atom. The number of carboxylic acid groups (broad SMARTS) is 1. The normalized spacial score (nSPS) is 10.3. The van der Waals surface area contributed by atoms with Crippen LogP contribution in [-0.4, -0.2) is 35.8 Å². The first kappa shape index (κ1) is 18.0. The number of benzene rings is 1. The number of carboxylic acids is 1. The lowest BCUT2D eigenvalue weighted by atomic mass is 10.2. The molecule has 0 aromatic heterocycles. The van der Waals surface area contributed by atoms with Crippen LogP contribution < -0.4 is 9.47 Å². The Morgan fingerprint density at radius 3 is 2.70 bits per heavy atom. The van der Waals surface area contributed by atoms with E-state index in [-0.39, 0.29) is 30.9 Å². The molecule has 1 N–H and O–H groups in total. The monoisotopic (exact) mass is 325 g/mol. The van der Waals surface area contributed by atoms with E-state index in [1.54, 1.807) is 6.07 Å². The third-order valence-electron chi connectivity index (χ3n) is 2.55. The Balaban J connectivity index is 2.63. The lowest BCUT2D eigenvalue weighted by Crippen LogP contribution is -2.11. The van der Waals surface area contributed by atoms with Gasteiger partial charge in [-0.25, -0.2) is 4.79 Å². The van der Waals surface area contributed by atoms with Gasteiger partial charge in [0.2, 0.25) is 0 Å². The lowest BCUT2D eigenvalue weighted by Gasteiger charge is -2.09. The minimum Gasteiger partial charge on any atom is -0.493 e. The smallest absolute Gasteiger partial charge is 0.328 e. The summed E-state index contributed by atoms with van der Waals surface area (Å²) in [5.74, 6) is -1.26. The predicted molar refractivity (Wildman–Crippen MR) is 77.5 cm³/mol. The van der Waals surface area contributed by atoms with Crippen molar-refractivity contribution in [3.05, 3.63) is 40.0 Å². The van der Waals surface area contributed by atoms with Gasteiger partial charge in [-0.1, -0.05) is 6.07 Å². The molecule has 0 radical (unpaired) electrons. The zero-order chi connectivity index (χ0) is 17.2. The van der Waals surface area contributed by atoms with Crippen LogP contribution in [0.3, 0.4) is 0 Å². The topological polar surface area (TPSA) is 125 Å². The molecule has 0 atom stereocenters. The molecule has 0 bridgehead atoms. The molecule has 0 saturated heterocycles. The third-order valence-corrected chi connectivity index (χ3v) is 2.55. The van der Waals surface area contributed by atoms with Gasteiger partial charge in [-0.15, -0.1) is 10.1 Å². The van der Waals surface area contributed by atoms with E-state index in [9.17, 15) is 19.7 Å². The molecule has 0 unspecified atom stereocenters. The van der Waals surface area contributed by atoms with Crippen molar-refractivity contribution in [2.45, 2.75) is 12.8 Å². The molecule has 23 heavy (non-hydrogen) atoms. The molecule has 0 spiro atoms. The minimum atomic E-state index is -1.09. The first-order valence-electron chi connectivity index (χ1n) is 6.49. The van der Waals surface area contributed by atoms with Gasteiger partial charge in [0.1, 0.15) is 0 Å². The number of nitrogens with zero attached hydrogens (tertiary/aromatic N) is 1. The Bertz CT molecular complexity index is 611. The number of esters is 1. The molecule has 0 heterocycles. The Kier molecular flexibility index (Phi) is 7.05. The standard InChI is InChI=1S/C14H15NO8/c1-21-12-9-10(5-7-13(16)17)4-6-11(12)23-14(18)3-2-8-22-15(19)20/h4-7,9H,2-3,8H2,1H3,(H,16,17). The molecule has 0 fully saturated rings. The largest absolute Gasteiger partial charge is 0.493 e. The fourth-order valence-corrected chi connectivity index (χ4v) is 1.57. The van der Waals surface area contributed by atoms with Crippen LogP contribution in [0.25, 0.3) is 6.08 Å². The molecule has 124 valence electrons.